The highest BCUT2D eigenvalue weighted by Crippen LogP contribution is 2.19. The lowest BCUT2D eigenvalue weighted by molar-refractivity contribution is -0.147. The van der Waals surface area contributed by atoms with Gasteiger partial charge in [0.15, 0.2) is 6.61 Å². The zero-order chi connectivity index (χ0) is 20.3. The lowest BCUT2D eigenvalue weighted by Crippen LogP contribution is -2.40. The van der Waals surface area contributed by atoms with E-state index in [4.69, 9.17) is 4.74 Å². The number of amides is 4. The molecule has 0 aromatic heterocycles. The molecule has 2 N–H and O–H groups in total. The van der Waals surface area contributed by atoms with Crippen molar-refractivity contribution in [1.29, 1.82) is 0 Å². The molecule has 0 bridgehead atoms. The van der Waals surface area contributed by atoms with Crippen molar-refractivity contribution >= 4 is 40.3 Å². The Morgan fingerprint density at radius 1 is 1.11 bits per heavy atom. The molecule has 1 aliphatic rings. The van der Waals surface area contributed by atoms with Crippen molar-refractivity contribution in [1.82, 2.24) is 10.2 Å². The van der Waals surface area contributed by atoms with E-state index in [0.29, 0.717) is 5.69 Å². The van der Waals surface area contributed by atoms with Crippen LogP contribution in [-0.4, -0.2) is 47.4 Å². The molecule has 0 spiro atoms. The summed E-state index contributed by atoms with van der Waals surface area (Å²) in [6, 6.07) is 12.7. The van der Waals surface area contributed by atoms with Crippen molar-refractivity contribution < 1.29 is 23.9 Å². The molecule has 3 rings (SSSR count). The van der Waals surface area contributed by atoms with Crippen LogP contribution in [0.1, 0.15) is 20.3 Å². The number of fused-ring (bicyclic) bond motifs is 1. The number of nitrogens with zero attached hydrogens (tertiary/aromatic N) is 1. The van der Waals surface area contributed by atoms with Crippen LogP contribution in [-0.2, 0) is 19.1 Å². The van der Waals surface area contributed by atoms with E-state index in [-0.39, 0.29) is 13.0 Å². The van der Waals surface area contributed by atoms with E-state index in [2.05, 4.69) is 10.6 Å². The molecule has 4 amide bonds. The fourth-order valence-corrected chi connectivity index (χ4v) is 2.91. The molecule has 1 fully saturated rings. The first kappa shape index (κ1) is 19.3. The van der Waals surface area contributed by atoms with Gasteiger partial charge in [-0.25, -0.2) is 4.79 Å². The summed E-state index contributed by atoms with van der Waals surface area (Å²) in [6.07, 6.45) is -0.182. The molecule has 0 unspecified atom stereocenters. The van der Waals surface area contributed by atoms with Gasteiger partial charge in [0.2, 0.25) is 0 Å². The highest BCUT2D eigenvalue weighted by Gasteiger charge is 2.44. The molecule has 0 radical (unpaired) electrons. The maximum atomic E-state index is 12.0. The number of imide groups is 1. The molecule has 1 heterocycles. The molecule has 8 heteroatoms. The van der Waals surface area contributed by atoms with E-state index >= 15 is 0 Å². The van der Waals surface area contributed by atoms with E-state index < -0.39 is 36.0 Å². The Balaban J connectivity index is 1.45. The van der Waals surface area contributed by atoms with Gasteiger partial charge in [-0.05, 0) is 36.8 Å². The standard InChI is InChI=1S/C20H21N3O5/c1-20(2)18(26)23(19(27)22-20)10-9-17(25)28-12-16(24)21-15-8-7-13-5-3-4-6-14(13)11-15/h3-8,11H,9-10,12H2,1-2H3,(H,21,24)(H,22,27). The van der Waals surface area contributed by atoms with Crippen molar-refractivity contribution in [3.63, 3.8) is 0 Å². The number of urea groups is 1. The van der Waals surface area contributed by atoms with Crippen LogP contribution in [0, 0.1) is 0 Å². The van der Waals surface area contributed by atoms with Gasteiger partial charge in [0.25, 0.3) is 11.8 Å². The summed E-state index contributed by atoms with van der Waals surface area (Å²) in [5.74, 6) is -1.54. The van der Waals surface area contributed by atoms with Gasteiger partial charge >= 0.3 is 12.0 Å². The first-order chi connectivity index (χ1) is 13.3. The molecule has 0 aliphatic carbocycles. The van der Waals surface area contributed by atoms with Gasteiger partial charge in [-0.1, -0.05) is 30.3 Å². The number of hydrogen-bond acceptors (Lipinski definition) is 5. The summed E-state index contributed by atoms with van der Waals surface area (Å²) in [5.41, 5.74) is -0.387. The van der Waals surface area contributed by atoms with Gasteiger partial charge in [-0.2, -0.15) is 0 Å². The normalized spacial score (nSPS) is 15.4. The number of rotatable bonds is 6. The first-order valence-corrected chi connectivity index (χ1v) is 8.85. The molecule has 146 valence electrons. The third kappa shape index (κ3) is 4.28. The fraction of sp³-hybridized carbons (Fsp3) is 0.300. The summed E-state index contributed by atoms with van der Waals surface area (Å²) in [6.45, 7) is 2.63. The van der Waals surface area contributed by atoms with Crippen molar-refractivity contribution in [3.05, 3.63) is 42.5 Å². The number of ether oxygens (including phenoxy) is 1. The summed E-state index contributed by atoms with van der Waals surface area (Å²) in [5, 5.41) is 7.23. The smallest absolute Gasteiger partial charge is 0.325 e. The number of carbonyl (C=O) groups excluding carboxylic acids is 4. The van der Waals surface area contributed by atoms with Crippen LogP contribution >= 0.6 is 0 Å². The molecular formula is C20H21N3O5. The predicted octanol–water partition coefficient (Wildman–Crippen LogP) is 2.04. The van der Waals surface area contributed by atoms with Gasteiger partial charge in [0.05, 0.1) is 6.42 Å². The molecule has 28 heavy (non-hydrogen) atoms. The Hall–Kier alpha value is -3.42. The second kappa shape index (κ2) is 7.67. The Bertz CT molecular complexity index is 954. The van der Waals surface area contributed by atoms with E-state index in [9.17, 15) is 19.2 Å². The van der Waals surface area contributed by atoms with Crippen molar-refractivity contribution in [3.8, 4) is 0 Å². The fourth-order valence-electron chi connectivity index (χ4n) is 2.91. The summed E-state index contributed by atoms with van der Waals surface area (Å²) in [4.78, 5) is 48.6. The van der Waals surface area contributed by atoms with Crippen LogP contribution in [0.15, 0.2) is 42.5 Å². The summed E-state index contributed by atoms with van der Waals surface area (Å²) < 4.78 is 4.93. The molecular weight excluding hydrogens is 362 g/mol. The second-order valence-electron chi connectivity index (χ2n) is 7.03. The average molecular weight is 383 g/mol. The van der Waals surface area contributed by atoms with Crippen molar-refractivity contribution in [2.75, 3.05) is 18.5 Å². The zero-order valence-electron chi connectivity index (χ0n) is 15.7. The van der Waals surface area contributed by atoms with Gasteiger partial charge in [-0.3, -0.25) is 19.3 Å². The van der Waals surface area contributed by atoms with Crippen LogP contribution in [0.2, 0.25) is 0 Å². The topological polar surface area (TPSA) is 105 Å². The van der Waals surface area contributed by atoms with Crippen LogP contribution in [0.3, 0.4) is 0 Å². The molecule has 1 aliphatic heterocycles. The minimum atomic E-state index is -0.985. The Morgan fingerprint density at radius 3 is 2.50 bits per heavy atom. The van der Waals surface area contributed by atoms with Crippen molar-refractivity contribution in [2.24, 2.45) is 0 Å². The summed E-state index contributed by atoms with van der Waals surface area (Å²) in [7, 11) is 0. The lowest BCUT2D eigenvalue weighted by atomic mass is 10.1. The van der Waals surface area contributed by atoms with Gasteiger partial charge < -0.3 is 15.4 Å². The molecule has 2 aromatic carbocycles. The van der Waals surface area contributed by atoms with Gasteiger partial charge in [0, 0.05) is 12.2 Å². The van der Waals surface area contributed by atoms with Gasteiger partial charge in [0.1, 0.15) is 5.54 Å². The Labute approximate surface area is 161 Å². The summed E-state index contributed by atoms with van der Waals surface area (Å²) >= 11 is 0. The number of hydrogen-bond donors (Lipinski definition) is 2. The second-order valence-corrected chi connectivity index (χ2v) is 7.03. The Morgan fingerprint density at radius 2 is 1.82 bits per heavy atom. The van der Waals surface area contributed by atoms with E-state index in [0.717, 1.165) is 15.7 Å². The van der Waals surface area contributed by atoms with E-state index in [1.54, 1.807) is 19.9 Å². The van der Waals surface area contributed by atoms with Crippen LogP contribution in [0.25, 0.3) is 10.8 Å². The molecule has 0 saturated carbocycles. The molecule has 1 saturated heterocycles. The maximum absolute atomic E-state index is 12.0. The number of carbonyl (C=O) groups is 4. The Kier molecular flexibility index (Phi) is 5.30. The highest BCUT2D eigenvalue weighted by molar-refractivity contribution is 6.06. The van der Waals surface area contributed by atoms with Crippen molar-refractivity contribution in [2.45, 2.75) is 25.8 Å². The quantitative estimate of drug-likeness (QED) is 0.587. The monoisotopic (exact) mass is 383 g/mol. The number of nitrogens with one attached hydrogen (secondary N) is 2. The van der Waals surface area contributed by atoms with Crippen LogP contribution in [0.4, 0.5) is 10.5 Å². The SMILES string of the molecule is CC1(C)NC(=O)N(CCC(=O)OCC(=O)Nc2ccc3ccccc3c2)C1=O. The number of esters is 1. The largest absolute Gasteiger partial charge is 0.456 e. The highest BCUT2D eigenvalue weighted by atomic mass is 16.5. The first-order valence-electron chi connectivity index (χ1n) is 8.85. The molecule has 8 nitrogen and oxygen atoms in total. The van der Waals surface area contributed by atoms with Crippen LogP contribution < -0.4 is 10.6 Å². The number of anilines is 1. The third-order valence-electron chi connectivity index (χ3n) is 4.38. The minimum Gasteiger partial charge on any atom is -0.456 e. The molecule has 2 aromatic rings. The van der Waals surface area contributed by atoms with Crippen LogP contribution in [0.5, 0.6) is 0 Å². The molecule has 0 atom stereocenters. The zero-order valence-corrected chi connectivity index (χ0v) is 15.7. The lowest BCUT2D eigenvalue weighted by Gasteiger charge is -2.15. The van der Waals surface area contributed by atoms with Gasteiger partial charge in [-0.15, -0.1) is 0 Å². The average Bonchev–Trinajstić information content (AvgIpc) is 2.85. The maximum Gasteiger partial charge on any atom is 0.325 e. The van der Waals surface area contributed by atoms with E-state index in [1.807, 2.05) is 36.4 Å². The third-order valence-corrected chi connectivity index (χ3v) is 4.38. The predicted molar refractivity (Wildman–Crippen MR) is 102 cm³/mol. The van der Waals surface area contributed by atoms with E-state index in [1.165, 1.54) is 0 Å². The number of benzene rings is 2. The minimum absolute atomic E-state index is 0.0980.